The lowest BCUT2D eigenvalue weighted by atomic mass is 9.76. The summed E-state index contributed by atoms with van der Waals surface area (Å²) < 4.78 is 5.44. The lowest BCUT2D eigenvalue weighted by Gasteiger charge is -2.35. The fourth-order valence-corrected chi connectivity index (χ4v) is 2.64. The number of hydrogen-bond acceptors (Lipinski definition) is 2. The summed E-state index contributed by atoms with van der Waals surface area (Å²) in [5.41, 5.74) is -0.0250. The Morgan fingerprint density at radius 2 is 2.08 bits per heavy atom. The summed E-state index contributed by atoms with van der Waals surface area (Å²) >= 11 is 0. The lowest BCUT2D eigenvalue weighted by Crippen LogP contribution is -2.33. The van der Waals surface area contributed by atoms with Crippen molar-refractivity contribution in [2.75, 3.05) is 0 Å². The van der Waals surface area contributed by atoms with Crippen LogP contribution in [0, 0.1) is 5.92 Å². The van der Waals surface area contributed by atoms with Gasteiger partial charge in [0.15, 0.2) is 0 Å². The molecule has 1 heterocycles. The van der Waals surface area contributed by atoms with Gasteiger partial charge in [0, 0.05) is 6.42 Å². The smallest absolute Gasteiger partial charge is 0.306 e. The molecule has 2 heteroatoms. The van der Waals surface area contributed by atoms with E-state index in [1.807, 2.05) is 0 Å². The molecule has 74 valence electrons. The Labute approximate surface area is 79.7 Å². The molecule has 0 bridgehead atoms. The van der Waals surface area contributed by atoms with Gasteiger partial charge < -0.3 is 4.74 Å². The van der Waals surface area contributed by atoms with E-state index in [2.05, 4.69) is 6.92 Å². The molecule has 2 aliphatic rings. The molecule has 0 N–H and O–H groups in total. The van der Waals surface area contributed by atoms with Gasteiger partial charge >= 0.3 is 5.97 Å². The molecule has 0 atom stereocenters. The third-order valence-corrected chi connectivity index (χ3v) is 3.71. The molecule has 0 amide bonds. The van der Waals surface area contributed by atoms with Crippen molar-refractivity contribution in [3.05, 3.63) is 0 Å². The van der Waals surface area contributed by atoms with Crippen LogP contribution < -0.4 is 0 Å². The summed E-state index contributed by atoms with van der Waals surface area (Å²) in [6.07, 6.45) is 7.63. The van der Waals surface area contributed by atoms with Crippen molar-refractivity contribution in [1.29, 1.82) is 0 Å². The highest BCUT2D eigenvalue weighted by Crippen LogP contribution is 2.42. The molecule has 0 radical (unpaired) electrons. The molecule has 2 rings (SSSR count). The fraction of sp³-hybridized carbons (Fsp3) is 0.909. The standard InChI is InChI=1S/C11H18O2/c1-2-9-3-6-11(7-4-9)8-5-10(12)13-11/h9H,2-8H2,1H3/t9-,11-. The first-order valence-corrected chi connectivity index (χ1v) is 5.46. The Morgan fingerprint density at radius 1 is 1.38 bits per heavy atom. The number of ether oxygens (including phenoxy) is 1. The first kappa shape index (κ1) is 9.04. The van der Waals surface area contributed by atoms with Crippen molar-refractivity contribution in [2.45, 2.75) is 57.5 Å². The monoisotopic (exact) mass is 182 g/mol. The van der Waals surface area contributed by atoms with Crippen molar-refractivity contribution < 1.29 is 9.53 Å². The first-order chi connectivity index (χ1) is 6.24. The number of rotatable bonds is 1. The fourth-order valence-electron chi connectivity index (χ4n) is 2.64. The number of carbonyl (C=O) groups excluding carboxylic acids is 1. The number of esters is 1. The maximum atomic E-state index is 11.0. The maximum absolute atomic E-state index is 11.0. The second-order valence-electron chi connectivity index (χ2n) is 4.51. The summed E-state index contributed by atoms with van der Waals surface area (Å²) in [7, 11) is 0. The maximum Gasteiger partial charge on any atom is 0.306 e. The molecule has 0 aromatic heterocycles. The Morgan fingerprint density at radius 3 is 2.54 bits per heavy atom. The van der Waals surface area contributed by atoms with Gasteiger partial charge in [-0.2, -0.15) is 0 Å². The zero-order valence-electron chi connectivity index (χ0n) is 8.34. The van der Waals surface area contributed by atoms with Gasteiger partial charge in [0.1, 0.15) is 5.60 Å². The number of carbonyl (C=O) groups is 1. The molecule has 2 nitrogen and oxygen atoms in total. The van der Waals surface area contributed by atoms with Crippen LogP contribution in [0.4, 0.5) is 0 Å². The zero-order chi connectivity index (χ0) is 9.31. The quantitative estimate of drug-likeness (QED) is 0.583. The molecular weight excluding hydrogens is 164 g/mol. The average Bonchev–Trinajstić information content (AvgIpc) is 2.49. The van der Waals surface area contributed by atoms with Crippen molar-refractivity contribution in [2.24, 2.45) is 5.92 Å². The molecular formula is C11H18O2. The van der Waals surface area contributed by atoms with E-state index in [1.54, 1.807) is 0 Å². The van der Waals surface area contributed by atoms with E-state index in [0.29, 0.717) is 6.42 Å². The molecule has 0 aromatic rings. The van der Waals surface area contributed by atoms with Gasteiger partial charge in [0.2, 0.25) is 0 Å². The molecule has 1 aliphatic carbocycles. The minimum atomic E-state index is -0.0250. The largest absolute Gasteiger partial charge is 0.459 e. The summed E-state index contributed by atoms with van der Waals surface area (Å²) in [4.78, 5) is 11.0. The van der Waals surface area contributed by atoms with Crippen LogP contribution in [-0.2, 0) is 9.53 Å². The molecule has 13 heavy (non-hydrogen) atoms. The normalized spacial score (nSPS) is 39.5. The van der Waals surface area contributed by atoms with Crippen LogP contribution in [0.2, 0.25) is 0 Å². The third kappa shape index (κ3) is 1.72. The highest BCUT2D eigenvalue weighted by molar-refractivity contribution is 5.72. The van der Waals surface area contributed by atoms with E-state index in [4.69, 9.17) is 4.74 Å². The lowest BCUT2D eigenvalue weighted by molar-refractivity contribution is -0.151. The summed E-state index contributed by atoms with van der Waals surface area (Å²) in [5, 5.41) is 0. The molecule has 1 aliphatic heterocycles. The van der Waals surface area contributed by atoms with Crippen molar-refractivity contribution >= 4 is 5.97 Å². The van der Waals surface area contributed by atoms with E-state index in [9.17, 15) is 4.79 Å². The van der Waals surface area contributed by atoms with Crippen LogP contribution in [0.1, 0.15) is 51.9 Å². The van der Waals surface area contributed by atoms with Gasteiger partial charge in [-0.15, -0.1) is 0 Å². The molecule has 1 saturated heterocycles. The van der Waals surface area contributed by atoms with E-state index in [1.165, 1.54) is 19.3 Å². The molecule has 0 aromatic carbocycles. The van der Waals surface area contributed by atoms with Crippen molar-refractivity contribution in [3.63, 3.8) is 0 Å². The third-order valence-electron chi connectivity index (χ3n) is 3.71. The van der Waals surface area contributed by atoms with Crippen LogP contribution >= 0.6 is 0 Å². The second kappa shape index (κ2) is 3.32. The SMILES string of the molecule is CC[C@H]1CC[C@@]2(CCC(=O)O2)CC1. The van der Waals surface area contributed by atoms with Gasteiger partial charge in [-0.25, -0.2) is 0 Å². The van der Waals surface area contributed by atoms with Crippen molar-refractivity contribution in [3.8, 4) is 0 Å². The highest BCUT2D eigenvalue weighted by atomic mass is 16.6. The first-order valence-electron chi connectivity index (χ1n) is 5.46. The number of hydrogen-bond donors (Lipinski definition) is 0. The molecule has 0 unspecified atom stereocenters. The Hall–Kier alpha value is -0.530. The minimum absolute atomic E-state index is 0.0231. The van der Waals surface area contributed by atoms with Crippen molar-refractivity contribution in [1.82, 2.24) is 0 Å². The molecule has 1 spiro atoms. The molecule has 1 saturated carbocycles. The van der Waals surface area contributed by atoms with Crippen LogP contribution in [0.15, 0.2) is 0 Å². The van der Waals surface area contributed by atoms with E-state index < -0.39 is 0 Å². The Balaban J connectivity index is 1.93. The van der Waals surface area contributed by atoms with Gasteiger partial charge in [-0.1, -0.05) is 13.3 Å². The summed E-state index contributed by atoms with van der Waals surface area (Å²) in [5.74, 6) is 0.903. The highest BCUT2D eigenvalue weighted by Gasteiger charge is 2.42. The Kier molecular flexibility index (Phi) is 2.31. The predicted octanol–water partition coefficient (Wildman–Crippen LogP) is 2.66. The predicted molar refractivity (Wildman–Crippen MR) is 50.3 cm³/mol. The van der Waals surface area contributed by atoms with Crippen LogP contribution in [-0.4, -0.2) is 11.6 Å². The van der Waals surface area contributed by atoms with E-state index in [-0.39, 0.29) is 11.6 Å². The van der Waals surface area contributed by atoms with Crippen LogP contribution in [0.5, 0.6) is 0 Å². The zero-order valence-corrected chi connectivity index (χ0v) is 8.34. The van der Waals surface area contributed by atoms with Crippen LogP contribution in [0.3, 0.4) is 0 Å². The van der Waals surface area contributed by atoms with Gasteiger partial charge in [0.05, 0.1) is 0 Å². The topological polar surface area (TPSA) is 26.3 Å². The van der Waals surface area contributed by atoms with Gasteiger partial charge in [-0.3, -0.25) is 4.79 Å². The van der Waals surface area contributed by atoms with E-state index in [0.717, 1.165) is 25.2 Å². The molecule has 2 fully saturated rings. The average molecular weight is 182 g/mol. The van der Waals surface area contributed by atoms with Gasteiger partial charge in [0.25, 0.3) is 0 Å². The van der Waals surface area contributed by atoms with E-state index >= 15 is 0 Å². The van der Waals surface area contributed by atoms with Gasteiger partial charge in [-0.05, 0) is 38.0 Å². The van der Waals surface area contributed by atoms with Crippen LogP contribution in [0.25, 0.3) is 0 Å². The summed E-state index contributed by atoms with van der Waals surface area (Å²) in [6.45, 7) is 2.25. The minimum Gasteiger partial charge on any atom is -0.459 e. The second-order valence-corrected chi connectivity index (χ2v) is 4.51. The summed E-state index contributed by atoms with van der Waals surface area (Å²) in [6, 6.07) is 0. The Bertz CT molecular complexity index is 202.